The van der Waals surface area contributed by atoms with Gasteiger partial charge in [0, 0.05) is 13.2 Å². The lowest BCUT2D eigenvalue weighted by molar-refractivity contribution is 0.109. The van der Waals surface area contributed by atoms with Crippen molar-refractivity contribution >= 4 is 0 Å². The van der Waals surface area contributed by atoms with Crippen LogP contribution in [0.1, 0.15) is 69.3 Å². The molecule has 4 atom stereocenters. The molecule has 1 saturated heterocycles. The fourth-order valence-corrected chi connectivity index (χ4v) is 3.35. The van der Waals surface area contributed by atoms with Crippen molar-refractivity contribution in [3.05, 3.63) is 11.7 Å². The number of ether oxygens (including phenoxy) is 1. The highest BCUT2D eigenvalue weighted by molar-refractivity contribution is 4.99. The van der Waals surface area contributed by atoms with Crippen molar-refractivity contribution in [1.82, 2.24) is 15.5 Å². The van der Waals surface area contributed by atoms with Gasteiger partial charge in [0.1, 0.15) is 6.10 Å². The van der Waals surface area contributed by atoms with Crippen LogP contribution in [0.3, 0.4) is 0 Å². The van der Waals surface area contributed by atoms with Gasteiger partial charge in [-0.3, -0.25) is 0 Å². The molecule has 19 heavy (non-hydrogen) atoms. The van der Waals surface area contributed by atoms with Crippen LogP contribution >= 0.6 is 0 Å². The molecular formula is C14H23N3O2. The summed E-state index contributed by atoms with van der Waals surface area (Å²) in [4.78, 5) is 4.48. The molecule has 0 bridgehead atoms. The number of hydrogen-bond donors (Lipinski definition) is 1. The fourth-order valence-electron chi connectivity index (χ4n) is 3.35. The van der Waals surface area contributed by atoms with Gasteiger partial charge >= 0.3 is 0 Å². The van der Waals surface area contributed by atoms with Gasteiger partial charge in [-0.1, -0.05) is 18.0 Å². The van der Waals surface area contributed by atoms with Gasteiger partial charge in [0.15, 0.2) is 5.82 Å². The smallest absolute Gasteiger partial charge is 0.243 e. The maximum atomic E-state index is 5.40. The van der Waals surface area contributed by atoms with Crippen molar-refractivity contribution in [1.29, 1.82) is 0 Å². The maximum Gasteiger partial charge on any atom is 0.243 e. The zero-order chi connectivity index (χ0) is 13.2. The highest BCUT2D eigenvalue weighted by Crippen LogP contribution is 2.36. The Balaban J connectivity index is 1.67. The molecular weight excluding hydrogens is 242 g/mol. The number of aromatic nitrogens is 2. The summed E-state index contributed by atoms with van der Waals surface area (Å²) in [6, 6.07) is 0.868. The van der Waals surface area contributed by atoms with Crippen LogP contribution in [0.5, 0.6) is 0 Å². The Hall–Kier alpha value is -0.940. The second kappa shape index (κ2) is 5.59. The predicted octanol–water partition coefficient (Wildman–Crippen LogP) is 2.76. The minimum atomic E-state index is -0.108. The number of hydrogen-bond acceptors (Lipinski definition) is 5. The lowest BCUT2D eigenvalue weighted by atomic mass is 9.78. The molecule has 0 radical (unpaired) electrons. The lowest BCUT2D eigenvalue weighted by Crippen LogP contribution is -2.44. The van der Waals surface area contributed by atoms with Gasteiger partial charge in [-0.2, -0.15) is 4.98 Å². The molecule has 4 unspecified atom stereocenters. The molecule has 2 aliphatic rings. The van der Waals surface area contributed by atoms with Gasteiger partial charge in [-0.05, 0) is 38.5 Å². The van der Waals surface area contributed by atoms with E-state index in [2.05, 4.69) is 15.5 Å². The minimum absolute atomic E-state index is 0.108. The van der Waals surface area contributed by atoms with Crippen molar-refractivity contribution in [2.45, 2.75) is 63.6 Å². The molecule has 2 fully saturated rings. The SMILES string of the molecule is COC(C)c1noc(C2CCC3CCCCC3N2)n1. The summed E-state index contributed by atoms with van der Waals surface area (Å²) in [5, 5.41) is 7.72. The standard InChI is InChI=1S/C14H23N3O2/c1-9(18-2)13-16-14(19-17-13)12-8-7-10-5-3-4-6-11(10)15-12/h9-12,15H,3-8H2,1-2H3. The first-order chi connectivity index (χ1) is 9.28. The number of methoxy groups -OCH3 is 1. The van der Waals surface area contributed by atoms with Crippen LogP contribution in [0, 0.1) is 5.92 Å². The molecule has 1 aromatic heterocycles. The fraction of sp³-hybridized carbons (Fsp3) is 0.857. The van der Waals surface area contributed by atoms with Gasteiger partial charge in [-0.15, -0.1) is 0 Å². The number of rotatable bonds is 3. The predicted molar refractivity (Wildman–Crippen MR) is 70.6 cm³/mol. The van der Waals surface area contributed by atoms with E-state index in [0.29, 0.717) is 11.9 Å². The van der Waals surface area contributed by atoms with Crippen LogP contribution in [0.4, 0.5) is 0 Å². The molecule has 1 aliphatic heterocycles. The topological polar surface area (TPSA) is 60.2 Å². The van der Waals surface area contributed by atoms with E-state index in [-0.39, 0.29) is 12.1 Å². The summed E-state index contributed by atoms with van der Waals surface area (Å²) in [6.07, 6.45) is 7.67. The van der Waals surface area contributed by atoms with Gasteiger partial charge < -0.3 is 14.6 Å². The largest absolute Gasteiger partial charge is 0.374 e. The molecule has 2 heterocycles. The van der Waals surface area contributed by atoms with E-state index in [9.17, 15) is 0 Å². The first kappa shape index (κ1) is 13.1. The zero-order valence-electron chi connectivity index (χ0n) is 11.8. The molecule has 0 amide bonds. The third-order valence-corrected chi connectivity index (χ3v) is 4.62. The van der Waals surface area contributed by atoms with Gasteiger partial charge in [0.05, 0.1) is 6.04 Å². The monoisotopic (exact) mass is 265 g/mol. The molecule has 0 spiro atoms. The summed E-state index contributed by atoms with van der Waals surface area (Å²) in [7, 11) is 1.66. The molecule has 106 valence electrons. The van der Waals surface area contributed by atoms with E-state index in [1.807, 2.05) is 6.92 Å². The molecule has 1 N–H and O–H groups in total. The number of piperidine rings is 1. The van der Waals surface area contributed by atoms with Crippen molar-refractivity contribution in [3.63, 3.8) is 0 Å². The number of fused-ring (bicyclic) bond motifs is 1. The van der Waals surface area contributed by atoms with Crippen LogP contribution in [0.15, 0.2) is 4.52 Å². The van der Waals surface area contributed by atoms with Crippen LogP contribution in [-0.2, 0) is 4.74 Å². The van der Waals surface area contributed by atoms with Gasteiger partial charge in [0.25, 0.3) is 0 Å². The molecule has 0 aromatic carbocycles. The Kier molecular flexibility index (Phi) is 3.84. The number of nitrogens with one attached hydrogen (secondary N) is 1. The molecule has 1 aromatic rings. The summed E-state index contributed by atoms with van der Waals surface area (Å²) in [5.41, 5.74) is 0. The lowest BCUT2D eigenvalue weighted by Gasteiger charge is -2.39. The first-order valence-corrected chi connectivity index (χ1v) is 7.40. The van der Waals surface area contributed by atoms with Crippen LogP contribution in [-0.4, -0.2) is 23.3 Å². The molecule has 1 aliphatic carbocycles. The van der Waals surface area contributed by atoms with E-state index in [0.717, 1.165) is 18.2 Å². The first-order valence-electron chi connectivity index (χ1n) is 7.40. The van der Waals surface area contributed by atoms with E-state index in [1.54, 1.807) is 7.11 Å². The Bertz CT molecular complexity index is 421. The van der Waals surface area contributed by atoms with E-state index in [4.69, 9.17) is 9.26 Å². The Morgan fingerprint density at radius 1 is 1.26 bits per heavy atom. The van der Waals surface area contributed by atoms with Gasteiger partial charge in [0.2, 0.25) is 5.89 Å². The molecule has 5 nitrogen and oxygen atoms in total. The summed E-state index contributed by atoms with van der Waals surface area (Å²) in [5.74, 6) is 2.22. The van der Waals surface area contributed by atoms with Crippen LogP contribution in [0.25, 0.3) is 0 Å². The quantitative estimate of drug-likeness (QED) is 0.910. The van der Waals surface area contributed by atoms with Crippen molar-refractivity contribution in [2.24, 2.45) is 5.92 Å². The Labute approximate surface area is 114 Å². The maximum absolute atomic E-state index is 5.40. The van der Waals surface area contributed by atoms with Crippen molar-refractivity contribution in [2.75, 3.05) is 7.11 Å². The molecule has 1 saturated carbocycles. The van der Waals surface area contributed by atoms with Crippen molar-refractivity contribution < 1.29 is 9.26 Å². The van der Waals surface area contributed by atoms with E-state index in [1.165, 1.54) is 32.1 Å². The Morgan fingerprint density at radius 2 is 2.11 bits per heavy atom. The normalized spacial score (nSPS) is 32.8. The zero-order valence-corrected chi connectivity index (χ0v) is 11.8. The van der Waals surface area contributed by atoms with Crippen LogP contribution < -0.4 is 5.32 Å². The van der Waals surface area contributed by atoms with Crippen LogP contribution in [0.2, 0.25) is 0 Å². The third-order valence-electron chi connectivity index (χ3n) is 4.62. The average Bonchev–Trinajstić information content (AvgIpc) is 2.95. The number of nitrogens with zero attached hydrogens (tertiary/aromatic N) is 2. The second-order valence-electron chi connectivity index (χ2n) is 5.82. The minimum Gasteiger partial charge on any atom is -0.374 e. The summed E-state index contributed by atoms with van der Waals surface area (Å²) >= 11 is 0. The highest BCUT2D eigenvalue weighted by atomic mass is 16.5. The second-order valence-corrected chi connectivity index (χ2v) is 5.82. The third kappa shape index (κ3) is 2.67. The van der Waals surface area contributed by atoms with E-state index < -0.39 is 0 Å². The Morgan fingerprint density at radius 3 is 2.95 bits per heavy atom. The van der Waals surface area contributed by atoms with Crippen molar-refractivity contribution in [3.8, 4) is 0 Å². The summed E-state index contributed by atoms with van der Waals surface area (Å²) < 4.78 is 10.6. The molecule has 3 rings (SSSR count). The highest BCUT2D eigenvalue weighted by Gasteiger charge is 2.34. The molecule has 5 heteroatoms. The summed E-state index contributed by atoms with van der Waals surface area (Å²) in [6.45, 7) is 1.93. The average molecular weight is 265 g/mol. The van der Waals surface area contributed by atoms with Gasteiger partial charge in [-0.25, -0.2) is 0 Å². The van der Waals surface area contributed by atoms with E-state index >= 15 is 0 Å².